The number of nitrogens with zero attached hydrogens (tertiary/aromatic N) is 2. The minimum Gasteiger partial charge on any atom is -0.487 e. The van der Waals surface area contributed by atoms with E-state index in [-0.39, 0.29) is 17.6 Å². The highest BCUT2D eigenvalue weighted by atomic mass is 16.5. The molecule has 1 aromatic heterocycles. The quantitative estimate of drug-likeness (QED) is 0.732. The van der Waals surface area contributed by atoms with E-state index in [2.05, 4.69) is 10.4 Å². The number of nitrogens with one attached hydrogen (secondary N) is 1. The van der Waals surface area contributed by atoms with Crippen LogP contribution >= 0.6 is 0 Å². The van der Waals surface area contributed by atoms with Gasteiger partial charge in [-0.1, -0.05) is 18.2 Å². The topological polar surface area (TPSA) is 56.2 Å². The highest BCUT2D eigenvalue weighted by Crippen LogP contribution is 2.39. The van der Waals surface area contributed by atoms with Crippen LogP contribution in [0.1, 0.15) is 53.6 Å². The molecule has 0 bridgehead atoms. The summed E-state index contributed by atoms with van der Waals surface area (Å²) in [5.74, 6) is 0.751. The zero-order valence-electron chi connectivity index (χ0n) is 16.7. The monoisotopic (exact) mass is 375 g/mol. The van der Waals surface area contributed by atoms with Crippen LogP contribution in [0.2, 0.25) is 0 Å². The number of benzene rings is 2. The molecule has 1 N–H and O–H groups in total. The molecule has 1 atom stereocenters. The fraction of sp³-hybridized carbons (Fsp3) is 0.304. The summed E-state index contributed by atoms with van der Waals surface area (Å²) in [5.41, 5.74) is 4.31. The Labute approximate surface area is 165 Å². The van der Waals surface area contributed by atoms with Crippen molar-refractivity contribution in [3.63, 3.8) is 0 Å². The van der Waals surface area contributed by atoms with E-state index in [9.17, 15) is 4.79 Å². The molecular weight excluding hydrogens is 350 g/mol. The molecule has 0 spiro atoms. The number of hydrogen-bond acceptors (Lipinski definition) is 3. The van der Waals surface area contributed by atoms with Gasteiger partial charge in [0.2, 0.25) is 0 Å². The number of para-hydroxylation sites is 1. The van der Waals surface area contributed by atoms with Crippen molar-refractivity contribution < 1.29 is 9.53 Å². The minimum atomic E-state index is -0.328. The first kappa shape index (κ1) is 18.3. The van der Waals surface area contributed by atoms with E-state index < -0.39 is 0 Å². The lowest BCUT2D eigenvalue weighted by molar-refractivity contribution is 0.0619. The largest absolute Gasteiger partial charge is 0.487 e. The van der Waals surface area contributed by atoms with Crippen molar-refractivity contribution in [2.24, 2.45) is 0 Å². The van der Waals surface area contributed by atoms with Gasteiger partial charge in [-0.15, -0.1) is 0 Å². The fourth-order valence-electron chi connectivity index (χ4n) is 3.82. The molecule has 1 amide bonds. The Kier molecular flexibility index (Phi) is 4.46. The zero-order valence-corrected chi connectivity index (χ0v) is 16.7. The molecular formula is C23H25N3O2. The van der Waals surface area contributed by atoms with E-state index >= 15 is 0 Å². The predicted octanol–water partition coefficient (Wildman–Crippen LogP) is 4.52. The maximum Gasteiger partial charge on any atom is 0.251 e. The maximum absolute atomic E-state index is 12.9. The highest BCUT2D eigenvalue weighted by molar-refractivity contribution is 5.94. The molecule has 5 heteroatoms. The molecule has 0 radical (unpaired) electrons. The van der Waals surface area contributed by atoms with Gasteiger partial charge in [0.15, 0.2) is 0 Å². The van der Waals surface area contributed by atoms with Crippen LogP contribution in [0.3, 0.4) is 0 Å². The second-order valence-corrected chi connectivity index (χ2v) is 8.02. The molecule has 0 fully saturated rings. The molecule has 0 saturated heterocycles. The van der Waals surface area contributed by atoms with Crippen molar-refractivity contribution in [1.29, 1.82) is 0 Å². The van der Waals surface area contributed by atoms with Gasteiger partial charge >= 0.3 is 0 Å². The summed E-state index contributed by atoms with van der Waals surface area (Å²) in [6, 6.07) is 17.4. The van der Waals surface area contributed by atoms with E-state index in [0.717, 1.165) is 34.8 Å². The lowest BCUT2D eigenvalue weighted by Crippen LogP contribution is -2.41. The first-order valence-corrected chi connectivity index (χ1v) is 9.55. The van der Waals surface area contributed by atoms with E-state index in [4.69, 9.17) is 4.74 Å². The predicted molar refractivity (Wildman–Crippen MR) is 109 cm³/mol. The Hall–Kier alpha value is -3.08. The third-order valence-electron chi connectivity index (χ3n) is 5.07. The van der Waals surface area contributed by atoms with Crippen LogP contribution in [0.4, 0.5) is 0 Å². The molecule has 1 aliphatic rings. The average molecular weight is 375 g/mol. The summed E-state index contributed by atoms with van der Waals surface area (Å²) in [5, 5.41) is 7.67. The molecule has 5 nitrogen and oxygen atoms in total. The van der Waals surface area contributed by atoms with Gasteiger partial charge in [-0.25, -0.2) is 4.68 Å². The van der Waals surface area contributed by atoms with Crippen LogP contribution in [-0.2, 0) is 0 Å². The standard InChI is InChI=1S/C23H25N3O2/c1-15-13-16(2)26(25-15)18-11-9-17(10-12-18)22(27)24-20-14-23(3,4)28-21-8-6-5-7-19(20)21/h5-13,20H,14H2,1-4H3,(H,24,27)/t20-/m1/s1. The van der Waals surface area contributed by atoms with Crippen molar-refractivity contribution >= 4 is 5.91 Å². The van der Waals surface area contributed by atoms with Gasteiger partial charge in [0.1, 0.15) is 11.4 Å². The summed E-state index contributed by atoms with van der Waals surface area (Å²) >= 11 is 0. The molecule has 0 saturated carbocycles. The molecule has 3 aromatic rings. The molecule has 0 aliphatic carbocycles. The van der Waals surface area contributed by atoms with Gasteiger partial charge in [0.05, 0.1) is 17.4 Å². The summed E-state index contributed by atoms with van der Waals surface area (Å²) < 4.78 is 7.94. The van der Waals surface area contributed by atoms with Crippen LogP contribution in [0.25, 0.3) is 5.69 Å². The first-order valence-electron chi connectivity index (χ1n) is 9.55. The lowest BCUT2D eigenvalue weighted by atomic mass is 9.89. The van der Waals surface area contributed by atoms with Gasteiger partial charge in [-0.2, -0.15) is 5.10 Å². The van der Waals surface area contributed by atoms with Crippen molar-refractivity contribution in [1.82, 2.24) is 15.1 Å². The molecule has 4 rings (SSSR count). The van der Waals surface area contributed by atoms with Gasteiger partial charge in [-0.05, 0) is 64.1 Å². The maximum atomic E-state index is 12.9. The zero-order chi connectivity index (χ0) is 19.9. The molecule has 2 aromatic carbocycles. The second-order valence-electron chi connectivity index (χ2n) is 8.02. The number of carbonyl (C=O) groups excluding carboxylic acids is 1. The van der Waals surface area contributed by atoms with Crippen LogP contribution in [0.15, 0.2) is 54.6 Å². The Bertz CT molecular complexity index is 1020. The van der Waals surface area contributed by atoms with E-state index in [1.54, 1.807) is 0 Å². The van der Waals surface area contributed by atoms with E-state index in [0.29, 0.717) is 5.56 Å². The van der Waals surface area contributed by atoms with Crippen LogP contribution in [-0.4, -0.2) is 21.3 Å². The second kappa shape index (κ2) is 6.82. The van der Waals surface area contributed by atoms with Crippen molar-refractivity contribution in [2.45, 2.75) is 45.8 Å². The van der Waals surface area contributed by atoms with Crippen LogP contribution in [0.5, 0.6) is 5.75 Å². The van der Waals surface area contributed by atoms with Crippen molar-refractivity contribution in [3.05, 3.63) is 77.1 Å². The number of carbonyl (C=O) groups is 1. The van der Waals surface area contributed by atoms with Crippen molar-refractivity contribution in [2.75, 3.05) is 0 Å². The summed E-state index contributed by atoms with van der Waals surface area (Å²) in [6.45, 7) is 8.08. The average Bonchev–Trinajstić information content (AvgIpc) is 2.99. The van der Waals surface area contributed by atoms with Crippen LogP contribution < -0.4 is 10.1 Å². The number of aromatic nitrogens is 2. The Morgan fingerprint density at radius 3 is 2.54 bits per heavy atom. The number of ether oxygens (including phenoxy) is 1. The van der Waals surface area contributed by atoms with E-state index in [1.165, 1.54) is 0 Å². The van der Waals surface area contributed by atoms with E-state index in [1.807, 2.05) is 87.0 Å². The number of aryl methyl sites for hydroxylation is 2. The number of hydrogen-bond donors (Lipinski definition) is 1. The third-order valence-corrected chi connectivity index (χ3v) is 5.07. The Balaban J connectivity index is 1.55. The molecule has 2 heterocycles. The lowest BCUT2D eigenvalue weighted by Gasteiger charge is -2.37. The Morgan fingerprint density at radius 1 is 1.14 bits per heavy atom. The van der Waals surface area contributed by atoms with Crippen LogP contribution in [0, 0.1) is 13.8 Å². The molecule has 28 heavy (non-hydrogen) atoms. The third kappa shape index (κ3) is 3.52. The van der Waals surface area contributed by atoms with Gasteiger partial charge in [0.25, 0.3) is 5.91 Å². The molecule has 1 aliphatic heterocycles. The van der Waals surface area contributed by atoms with Gasteiger partial charge in [-0.3, -0.25) is 4.79 Å². The fourth-order valence-corrected chi connectivity index (χ4v) is 3.82. The summed E-state index contributed by atoms with van der Waals surface area (Å²) in [7, 11) is 0. The minimum absolute atomic E-state index is 0.0804. The summed E-state index contributed by atoms with van der Waals surface area (Å²) in [6.07, 6.45) is 0.722. The molecule has 0 unspecified atom stereocenters. The summed E-state index contributed by atoms with van der Waals surface area (Å²) in [4.78, 5) is 12.9. The van der Waals surface area contributed by atoms with Gasteiger partial charge < -0.3 is 10.1 Å². The van der Waals surface area contributed by atoms with Crippen molar-refractivity contribution in [3.8, 4) is 11.4 Å². The highest BCUT2D eigenvalue weighted by Gasteiger charge is 2.34. The SMILES string of the molecule is Cc1cc(C)n(-c2ccc(C(=O)N[C@@H]3CC(C)(C)Oc4ccccc43)cc2)n1. The Morgan fingerprint density at radius 2 is 1.86 bits per heavy atom. The molecule has 144 valence electrons. The number of rotatable bonds is 3. The van der Waals surface area contributed by atoms with Gasteiger partial charge in [0, 0.05) is 23.2 Å². The number of amides is 1. The number of fused-ring (bicyclic) bond motifs is 1. The first-order chi connectivity index (χ1) is 13.3. The normalized spacial score (nSPS) is 17.5. The smallest absolute Gasteiger partial charge is 0.251 e.